The molecular formula is C9H8F3NO2. The second-order valence-electron chi connectivity index (χ2n) is 3.04. The zero-order valence-electron chi connectivity index (χ0n) is 7.84. The Morgan fingerprint density at radius 3 is 2.47 bits per heavy atom. The van der Waals surface area contributed by atoms with Crippen molar-refractivity contribution in [2.75, 3.05) is 0 Å². The highest BCUT2D eigenvalue weighted by molar-refractivity contribution is 5.75. The van der Waals surface area contributed by atoms with Gasteiger partial charge in [-0.3, -0.25) is 14.2 Å². The maximum Gasteiger partial charge on any atom is 0.431 e. The number of pyridine rings is 1. The van der Waals surface area contributed by atoms with Gasteiger partial charge in [0.2, 0.25) is 0 Å². The fraction of sp³-hybridized carbons (Fsp3) is 0.333. The number of alkyl halides is 3. The summed E-state index contributed by atoms with van der Waals surface area (Å²) in [5.41, 5.74) is -1.94. The molecule has 0 bridgehead atoms. The van der Waals surface area contributed by atoms with E-state index in [9.17, 15) is 22.8 Å². The number of carbonyl (C=O) groups excluding carboxylic acids is 1. The van der Waals surface area contributed by atoms with E-state index in [1.807, 2.05) is 0 Å². The van der Waals surface area contributed by atoms with Crippen LogP contribution in [0.4, 0.5) is 13.2 Å². The van der Waals surface area contributed by atoms with Gasteiger partial charge in [-0.25, -0.2) is 0 Å². The van der Waals surface area contributed by atoms with Crippen molar-refractivity contribution in [2.45, 2.75) is 19.6 Å². The van der Waals surface area contributed by atoms with Crippen LogP contribution in [0.3, 0.4) is 0 Å². The van der Waals surface area contributed by atoms with Crippen molar-refractivity contribution in [1.29, 1.82) is 0 Å². The lowest BCUT2D eigenvalue weighted by Crippen LogP contribution is -2.29. The normalized spacial score (nSPS) is 11.5. The van der Waals surface area contributed by atoms with E-state index in [-0.39, 0.29) is 0 Å². The lowest BCUT2D eigenvalue weighted by Gasteiger charge is -2.13. The van der Waals surface area contributed by atoms with Gasteiger partial charge in [0.05, 0.1) is 6.54 Å². The number of Topliss-reactive ketones (excluding diaryl/α,β-unsaturated/α-hetero) is 1. The van der Waals surface area contributed by atoms with Crippen LogP contribution in [0, 0.1) is 0 Å². The van der Waals surface area contributed by atoms with Gasteiger partial charge in [0.1, 0.15) is 11.5 Å². The molecule has 0 aliphatic rings. The van der Waals surface area contributed by atoms with Gasteiger partial charge in [0.25, 0.3) is 5.56 Å². The molecule has 1 heterocycles. The van der Waals surface area contributed by atoms with E-state index in [0.29, 0.717) is 4.57 Å². The molecule has 0 atom stereocenters. The predicted molar refractivity (Wildman–Crippen MR) is 46.4 cm³/mol. The molecule has 0 saturated carbocycles. The molecule has 0 aliphatic carbocycles. The SMILES string of the molecule is CC(=O)Cn1c(C(F)(F)F)cccc1=O. The molecule has 82 valence electrons. The first-order valence-electron chi connectivity index (χ1n) is 4.09. The van der Waals surface area contributed by atoms with E-state index in [1.165, 1.54) is 0 Å². The summed E-state index contributed by atoms with van der Waals surface area (Å²) in [4.78, 5) is 21.9. The largest absolute Gasteiger partial charge is 0.431 e. The van der Waals surface area contributed by atoms with Crippen molar-refractivity contribution in [3.8, 4) is 0 Å². The zero-order chi connectivity index (χ0) is 11.6. The first kappa shape index (κ1) is 11.5. The van der Waals surface area contributed by atoms with E-state index in [2.05, 4.69) is 0 Å². The molecule has 3 nitrogen and oxygen atoms in total. The van der Waals surface area contributed by atoms with Crippen LogP contribution in [0.2, 0.25) is 0 Å². The van der Waals surface area contributed by atoms with Crippen LogP contribution in [0.25, 0.3) is 0 Å². The second-order valence-corrected chi connectivity index (χ2v) is 3.04. The van der Waals surface area contributed by atoms with Crippen LogP contribution in [0.1, 0.15) is 12.6 Å². The summed E-state index contributed by atoms with van der Waals surface area (Å²) >= 11 is 0. The van der Waals surface area contributed by atoms with Crippen molar-refractivity contribution in [3.05, 3.63) is 34.2 Å². The number of halogens is 3. The van der Waals surface area contributed by atoms with Gasteiger partial charge in [-0.2, -0.15) is 13.2 Å². The average Bonchev–Trinajstić information content (AvgIpc) is 2.05. The molecule has 0 unspecified atom stereocenters. The Bertz CT molecular complexity index is 434. The van der Waals surface area contributed by atoms with E-state index in [4.69, 9.17) is 0 Å². The smallest absolute Gasteiger partial charge is 0.298 e. The van der Waals surface area contributed by atoms with Gasteiger partial charge < -0.3 is 0 Å². The lowest BCUT2D eigenvalue weighted by atomic mass is 10.3. The Hall–Kier alpha value is -1.59. The summed E-state index contributed by atoms with van der Waals surface area (Å²) < 4.78 is 37.6. The zero-order valence-corrected chi connectivity index (χ0v) is 7.84. The van der Waals surface area contributed by atoms with Crippen molar-refractivity contribution in [1.82, 2.24) is 4.57 Å². The first-order valence-corrected chi connectivity index (χ1v) is 4.09. The molecule has 0 saturated heterocycles. The molecular weight excluding hydrogens is 211 g/mol. The fourth-order valence-electron chi connectivity index (χ4n) is 1.15. The molecule has 1 aromatic rings. The van der Waals surface area contributed by atoms with Crippen molar-refractivity contribution >= 4 is 5.78 Å². The number of nitrogens with zero attached hydrogens (tertiary/aromatic N) is 1. The van der Waals surface area contributed by atoms with Crippen LogP contribution in [-0.4, -0.2) is 10.4 Å². The third kappa shape index (κ3) is 2.68. The molecule has 0 aromatic carbocycles. The van der Waals surface area contributed by atoms with Crippen LogP contribution in [0.15, 0.2) is 23.0 Å². The van der Waals surface area contributed by atoms with Crippen molar-refractivity contribution < 1.29 is 18.0 Å². The number of rotatable bonds is 2. The standard InChI is InChI=1S/C9H8F3NO2/c1-6(14)5-13-7(9(10,11)12)3-2-4-8(13)15/h2-4H,5H2,1H3. The van der Waals surface area contributed by atoms with Gasteiger partial charge >= 0.3 is 6.18 Å². The topological polar surface area (TPSA) is 39.1 Å². The van der Waals surface area contributed by atoms with Gasteiger partial charge in [-0.05, 0) is 13.0 Å². The summed E-state index contributed by atoms with van der Waals surface area (Å²) in [7, 11) is 0. The predicted octanol–water partition coefficient (Wildman–Crippen LogP) is 1.46. The van der Waals surface area contributed by atoms with Crippen LogP contribution in [-0.2, 0) is 17.5 Å². The molecule has 0 aliphatic heterocycles. The third-order valence-electron chi connectivity index (χ3n) is 1.72. The van der Waals surface area contributed by atoms with Crippen LogP contribution < -0.4 is 5.56 Å². The molecule has 6 heteroatoms. The van der Waals surface area contributed by atoms with E-state index in [0.717, 1.165) is 25.1 Å². The van der Waals surface area contributed by atoms with Crippen LogP contribution in [0.5, 0.6) is 0 Å². The Balaban J connectivity index is 3.33. The number of hydrogen-bond donors (Lipinski definition) is 0. The summed E-state index contributed by atoms with van der Waals surface area (Å²) in [6.45, 7) is 0.564. The number of ketones is 1. The van der Waals surface area contributed by atoms with Crippen LogP contribution >= 0.6 is 0 Å². The summed E-state index contributed by atoms with van der Waals surface area (Å²) in [6.07, 6.45) is -4.63. The minimum Gasteiger partial charge on any atom is -0.298 e. The maximum absolute atomic E-state index is 12.4. The van der Waals surface area contributed by atoms with Gasteiger partial charge in [0.15, 0.2) is 0 Å². The Kier molecular flexibility index (Phi) is 2.97. The van der Waals surface area contributed by atoms with Crippen molar-refractivity contribution in [3.63, 3.8) is 0 Å². The minimum atomic E-state index is -4.63. The molecule has 1 aromatic heterocycles. The third-order valence-corrected chi connectivity index (χ3v) is 1.72. The number of carbonyl (C=O) groups is 1. The van der Waals surface area contributed by atoms with Gasteiger partial charge in [-0.15, -0.1) is 0 Å². The monoisotopic (exact) mass is 219 g/mol. The fourth-order valence-corrected chi connectivity index (χ4v) is 1.15. The highest BCUT2D eigenvalue weighted by atomic mass is 19.4. The highest BCUT2D eigenvalue weighted by Crippen LogP contribution is 2.27. The lowest BCUT2D eigenvalue weighted by molar-refractivity contribution is -0.144. The van der Waals surface area contributed by atoms with E-state index < -0.39 is 29.8 Å². The Labute approximate surface area is 83.1 Å². The summed E-state index contributed by atoms with van der Waals surface area (Å²) in [5.74, 6) is -0.506. The number of aromatic nitrogens is 1. The molecule has 0 fully saturated rings. The van der Waals surface area contributed by atoms with Gasteiger partial charge in [-0.1, -0.05) is 6.07 Å². The maximum atomic E-state index is 12.4. The van der Waals surface area contributed by atoms with E-state index in [1.54, 1.807) is 0 Å². The Morgan fingerprint density at radius 2 is 2.00 bits per heavy atom. The first-order chi connectivity index (χ1) is 6.82. The summed E-state index contributed by atoms with van der Waals surface area (Å²) in [5, 5.41) is 0. The molecule has 1 rings (SSSR count). The quantitative estimate of drug-likeness (QED) is 0.755. The average molecular weight is 219 g/mol. The molecule has 0 radical (unpaired) electrons. The van der Waals surface area contributed by atoms with E-state index >= 15 is 0 Å². The molecule has 15 heavy (non-hydrogen) atoms. The molecule has 0 amide bonds. The Morgan fingerprint density at radius 1 is 1.40 bits per heavy atom. The molecule has 0 spiro atoms. The van der Waals surface area contributed by atoms with Crippen molar-refractivity contribution in [2.24, 2.45) is 0 Å². The number of hydrogen-bond acceptors (Lipinski definition) is 2. The molecule has 0 N–H and O–H groups in total. The summed E-state index contributed by atoms with van der Waals surface area (Å²) in [6, 6.07) is 2.77. The highest BCUT2D eigenvalue weighted by Gasteiger charge is 2.34. The second kappa shape index (κ2) is 3.88. The van der Waals surface area contributed by atoms with Gasteiger partial charge in [0, 0.05) is 6.07 Å². The minimum absolute atomic E-state index is 0.419.